The molecule has 2 aromatic rings. The lowest BCUT2D eigenvalue weighted by atomic mass is 10.2. The number of hydrogen-bond donors (Lipinski definition) is 1. The molecule has 0 bridgehead atoms. The summed E-state index contributed by atoms with van der Waals surface area (Å²) in [6.45, 7) is 6.16. The van der Waals surface area contributed by atoms with Gasteiger partial charge in [0.2, 0.25) is 0 Å². The Hall–Kier alpha value is -1.80. The lowest BCUT2D eigenvalue weighted by Crippen LogP contribution is -2.13. The molecule has 0 aromatic heterocycles. The van der Waals surface area contributed by atoms with E-state index in [0.29, 0.717) is 0 Å². The second kappa shape index (κ2) is 6.95. The molecule has 0 aliphatic rings. The standard InChI is InChI=1S/C17H21NO/c1-3-11-18-13-15-8-6-9-16(12-15)19-17-10-5-4-7-14(17)2/h4-10,12,18H,3,11,13H2,1-2H3. The Bertz CT molecular complexity index is 522. The van der Waals surface area contributed by atoms with E-state index in [4.69, 9.17) is 4.74 Å². The van der Waals surface area contributed by atoms with Crippen LogP contribution in [0, 0.1) is 6.92 Å². The van der Waals surface area contributed by atoms with Gasteiger partial charge in [0.1, 0.15) is 11.5 Å². The van der Waals surface area contributed by atoms with E-state index in [-0.39, 0.29) is 0 Å². The first kappa shape index (κ1) is 13.6. The SMILES string of the molecule is CCCNCc1cccc(Oc2ccccc2C)c1. The summed E-state index contributed by atoms with van der Waals surface area (Å²) < 4.78 is 5.93. The highest BCUT2D eigenvalue weighted by atomic mass is 16.5. The highest BCUT2D eigenvalue weighted by molar-refractivity contribution is 5.38. The molecule has 0 atom stereocenters. The minimum absolute atomic E-state index is 0.888. The van der Waals surface area contributed by atoms with Crippen LogP contribution in [-0.4, -0.2) is 6.54 Å². The van der Waals surface area contributed by atoms with Gasteiger partial charge in [0, 0.05) is 6.54 Å². The lowest BCUT2D eigenvalue weighted by Gasteiger charge is -2.10. The highest BCUT2D eigenvalue weighted by Gasteiger charge is 2.01. The maximum atomic E-state index is 5.93. The number of ether oxygens (including phenoxy) is 1. The summed E-state index contributed by atoms with van der Waals surface area (Å²) in [7, 11) is 0. The molecule has 0 unspecified atom stereocenters. The van der Waals surface area contributed by atoms with Gasteiger partial charge in [-0.1, -0.05) is 37.3 Å². The average molecular weight is 255 g/mol. The Balaban J connectivity index is 2.05. The smallest absolute Gasteiger partial charge is 0.130 e. The minimum atomic E-state index is 0.888. The molecule has 2 rings (SSSR count). The van der Waals surface area contributed by atoms with Gasteiger partial charge in [-0.15, -0.1) is 0 Å². The Labute approximate surface area is 115 Å². The zero-order valence-corrected chi connectivity index (χ0v) is 11.6. The van der Waals surface area contributed by atoms with Gasteiger partial charge in [-0.05, 0) is 49.2 Å². The highest BCUT2D eigenvalue weighted by Crippen LogP contribution is 2.25. The largest absolute Gasteiger partial charge is 0.457 e. The van der Waals surface area contributed by atoms with E-state index in [1.807, 2.05) is 30.3 Å². The molecular weight excluding hydrogens is 234 g/mol. The van der Waals surface area contributed by atoms with Crippen LogP contribution in [0.15, 0.2) is 48.5 Å². The number of para-hydroxylation sites is 1. The molecule has 0 spiro atoms. The summed E-state index contributed by atoms with van der Waals surface area (Å²) >= 11 is 0. The molecule has 0 heterocycles. The molecule has 0 fully saturated rings. The Morgan fingerprint density at radius 3 is 2.68 bits per heavy atom. The van der Waals surface area contributed by atoms with Gasteiger partial charge in [0.05, 0.1) is 0 Å². The molecular formula is C17H21NO. The lowest BCUT2D eigenvalue weighted by molar-refractivity contribution is 0.478. The van der Waals surface area contributed by atoms with Crippen molar-refractivity contribution in [3.05, 3.63) is 59.7 Å². The van der Waals surface area contributed by atoms with Crippen molar-refractivity contribution >= 4 is 0 Å². The van der Waals surface area contributed by atoms with E-state index in [1.165, 1.54) is 5.56 Å². The first-order chi connectivity index (χ1) is 9.29. The zero-order valence-electron chi connectivity index (χ0n) is 11.6. The van der Waals surface area contributed by atoms with Crippen LogP contribution in [0.4, 0.5) is 0 Å². The van der Waals surface area contributed by atoms with Crippen LogP contribution in [0.5, 0.6) is 11.5 Å². The summed E-state index contributed by atoms with van der Waals surface area (Å²) in [4.78, 5) is 0. The van der Waals surface area contributed by atoms with Crippen LogP contribution in [0.1, 0.15) is 24.5 Å². The molecule has 19 heavy (non-hydrogen) atoms. The molecule has 0 radical (unpaired) electrons. The molecule has 0 saturated heterocycles. The molecule has 0 aliphatic carbocycles. The monoisotopic (exact) mass is 255 g/mol. The number of nitrogens with one attached hydrogen (secondary N) is 1. The molecule has 1 N–H and O–H groups in total. The first-order valence-electron chi connectivity index (χ1n) is 6.82. The van der Waals surface area contributed by atoms with Crippen LogP contribution < -0.4 is 10.1 Å². The molecule has 0 amide bonds. The Morgan fingerprint density at radius 2 is 1.89 bits per heavy atom. The first-order valence-corrected chi connectivity index (χ1v) is 6.82. The third-order valence-electron chi connectivity index (χ3n) is 2.98. The molecule has 0 saturated carbocycles. The van der Waals surface area contributed by atoms with Crippen LogP contribution in [0.2, 0.25) is 0 Å². The van der Waals surface area contributed by atoms with Gasteiger partial charge >= 0.3 is 0 Å². The van der Waals surface area contributed by atoms with Crippen LogP contribution in [0.25, 0.3) is 0 Å². The second-order valence-corrected chi connectivity index (χ2v) is 4.69. The van der Waals surface area contributed by atoms with Gasteiger partial charge in [-0.2, -0.15) is 0 Å². The Kier molecular flexibility index (Phi) is 4.99. The third kappa shape index (κ3) is 4.11. The Morgan fingerprint density at radius 1 is 1.05 bits per heavy atom. The normalized spacial score (nSPS) is 10.4. The van der Waals surface area contributed by atoms with E-state index in [1.54, 1.807) is 0 Å². The summed E-state index contributed by atoms with van der Waals surface area (Å²) in [5, 5.41) is 3.40. The third-order valence-corrected chi connectivity index (χ3v) is 2.98. The van der Waals surface area contributed by atoms with Crippen molar-refractivity contribution in [3.63, 3.8) is 0 Å². The van der Waals surface area contributed by atoms with Crippen molar-refractivity contribution in [1.29, 1.82) is 0 Å². The average Bonchev–Trinajstić information content (AvgIpc) is 2.42. The topological polar surface area (TPSA) is 21.3 Å². The zero-order chi connectivity index (χ0) is 13.5. The molecule has 2 heteroatoms. The summed E-state index contributed by atoms with van der Waals surface area (Å²) in [6, 6.07) is 16.3. The predicted octanol–water partition coefficient (Wildman–Crippen LogP) is 4.29. The van der Waals surface area contributed by atoms with Gasteiger partial charge in [0.25, 0.3) is 0 Å². The van der Waals surface area contributed by atoms with E-state index < -0.39 is 0 Å². The quantitative estimate of drug-likeness (QED) is 0.778. The van der Waals surface area contributed by atoms with Crippen LogP contribution in [0.3, 0.4) is 0 Å². The molecule has 2 aromatic carbocycles. The molecule has 100 valence electrons. The number of benzene rings is 2. The number of hydrogen-bond acceptors (Lipinski definition) is 2. The van der Waals surface area contributed by atoms with Gasteiger partial charge in [0.15, 0.2) is 0 Å². The van der Waals surface area contributed by atoms with E-state index in [0.717, 1.165) is 36.6 Å². The van der Waals surface area contributed by atoms with Gasteiger partial charge in [-0.3, -0.25) is 0 Å². The van der Waals surface area contributed by atoms with Crippen molar-refractivity contribution in [2.45, 2.75) is 26.8 Å². The maximum Gasteiger partial charge on any atom is 0.130 e. The van der Waals surface area contributed by atoms with E-state index in [9.17, 15) is 0 Å². The fourth-order valence-corrected chi connectivity index (χ4v) is 1.93. The van der Waals surface area contributed by atoms with Gasteiger partial charge < -0.3 is 10.1 Å². The number of aryl methyl sites for hydroxylation is 1. The van der Waals surface area contributed by atoms with Gasteiger partial charge in [-0.25, -0.2) is 0 Å². The van der Waals surface area contributed by atoms with E-state index >= 15 is 0 Å². The summed E-state index contributed by atoms with van der Waals surface area (Å²) in [5.41, 5.74) is 2.40. The summed E-state index contributed by atoms with van der Waals surface area (Å²) in [5.74, 6) is 1.81. The van der Waals surface area contributed by atoms with Crippen molar-refractivity contribution in [2.75, 3.05) is 6.54 Å². The van der Waals surface area contributed by atoms with Crippen LogP contribution in [-0.2, 0) is 6.54 Å². The summed E-state index contributed by atoms with van der Waals surface area (Å²) in [6.07, 6.45) is 1.15. The predicted molar refractivity (Wildman–Crippen MR) is 79.7 cm³/mol. The fraction of sp³-hybridized carbons (Fsp3) is 0.294. The molecule has 2 nitrogen and oxygen atoms in total. The van der Waals surface area contributed by atoms with Crippen molar-refractivity contribution < 1.29 is 4.74 Å². The van der Waals surface area contributed by atoms with Crippen molar-refractivity contribution in [1.82, 2.24) is 5.32 Å². The maximum absolute atomic E-state index is 5.93. The van der Waals surface area contributed by atoms with Crippen molar-refractivity contribution in [2.24, 2.45) is 0 Å². The fourth-order valence-electron chi connectivity index (χ4n) is 1.93. The van der Waals surface area contributed by atoms with E-state index in [2.05, 4.69) is 37.4 Å². The van der Waals surface area contributed by atoms with Crippen LogP contribution >= 0.6 is 0 Å². The van der Waals surface area contributed by atoms with Crippen molar-refractivity contribution in [3.8, 4) is 11.5 Å². The number of rotatable bonds is 6. The minimum Gasteiger partial charge on any atom is -0.457 e. The molecule has 0 aliphatic heterocycles. The second-order valence-electron chi connectivity index (χ2n) is 4.69.